The lowest BCUT2D eigenvalue weighted by Gasteiger charge is -2.19. The lowest BCUT2D eigenvalue weighted by atomic mass is 10.4. The fraction of sp³-hybridized carbons (Fsp3) is 0.818. The lowest BCUT2D eigenvalue weighted by molar-refractivity contribution is -0.143. The zero-order valence-corrected chi connectivity index (χ0v) is 12.4. The molecule has 0 radical (unpaired) electrons. The number of esters is 2. The highest BCUT2D eigenvalue weighted by atomic mass is 32.2. The predicted molar refractivity (Wildman–Crippen MR) is 68.9 cm³/mol. The summed E-state index contributed by atoms with van der Waals surface area (Å²) in [7, 11) is -2.32. The van der Waals surface area contributed by atoms with Crippen LogP contribution >= 0.6 is 0 Å². The van der Waals surface area contributed by atoms with Gasteiger partial charge < -0.3 is 9.47 Å². The fourth-order valence-electron chi connectivity index (χ4n) is 1.39. The predicted octanol–water partition coefficient (Wildman–Crippen LogP) is 0.154. The Hall–Kier alpha value is -1.15. The molecule has 112 valence electrons. The van der Waals surface area contributed by atoms with Crippen molar-refractivity contribution in [3.63, 3.8) is 0 Å². The van der Waals surface area contributed by atoms with Crippen molar-refractivity contribution in [2.24, 2.45) is 0 Å². The van der Waals surface area contributed by atoms with Crippen LogP contribution in [0.2, 0.25) is 0 Å². The van der Waals surface area contributed by atoms with E-state index in [2.05, 4.69) is 9.47 Å². The summed E-state index contributed by atoms with van der Waals surface area (Å²) in [5, 5.41) is 0. The van der Waals surface area contributed by atoms with Crippen LogP contribution in [0.1, 0.15) is 26.7 Å². The summed E-state index contributed by atoms with van der Waals surface area (Å²) in [5.41, 5.74) is 0. The minimum Gasteiger partial charge on any atom is -0.469 e. The molecule has 0 aliphatic heterocycles. The van der Waals surface area contributed by atoms with Gasteiger partial charge in [0, 0.05) is 13.1 Å². The van der Waals surface area contributed by atoms with Crippen LogP contribution in [-0.2, 0) is 29.1 Å². The first-order valence-corrected chi connectivity index (χ1v) is 7.68. The van der Waals surface area contributed by atoms with E-state index in [0.29, 0.717) is 0 Å². The Bertz CT molecular complexity index is 392. The van der Waals surface area contributed by atoms with Gasteiger partial charge in [-0.2, -0.15) is 0 Å². The molecule has 0 N–H and O–H groups in total. The normalized spacial score (nSPS) is 11.4. The first kappa shape index (κ1) is 17.8. The number of carbonyl (C=O) groups excluding carboxylic acids is 2. The monoisotopic (exact) mass is 295 g/mol. The highest BCUT2D eigenvalue weighted by Crippen LogP contribution is 2.05. The molecule has 0 fully saturated rings. The lowest BCUT2D eigenvalue weighted by Crippen LogP contribution is -2.35. The molecule has 0 rings (SSSR count). The Balaban J connectivity index is 4.40. The smallest absolute Gasteiger partial charge is 0.306 e. The van der Waals surface area contributed by atoms with Gasteiger partial charge in [-0.15, -0.1) is 0 Å². The van der Waals surface area contributed by atoms with Gasteiger partial charge in [0.15, 0.2) is 0 Å². The molecule has 0 aromatic rings. The van der Waals surface area contributed by atoms with Crippen molar-refractivity contribution in [2.45, 2.75) is 26.7 Å². The molecule has 0 atom stereocenters. The highest BCUT2D eigenvalue weighted by Gasteiger charge is 2.22. The van der Waals surface area contributed by atoms with Crippen LogP contribution in [0.15, 0.2) is 0 Å². The standard InChI is InChI=1S/C11H21NO6S/c1-4-12(8-6-10(13)17-3)19(15,16)9-7-11(14)18-5-2/h4-9H2,1-3H3. The van der Waals surface area contributed by atoms with Gasteiger partial charge in [0.2, 0.25) is 10.0 Å². The third-order valence-corrected chi connectivity index (χ3v) is 4.36. The molecule has 0 aromatic carbocycles. The van der Waals surface area contributed by atoms with Crippen molar-refractivity contribution in [3.05, 3.63) is 0 Å². The largest absolute Gasteiger partial charge is 0.469 e. The molecule has 0 saturated heterocycles. The molecule has 8 heteroatoms. The molecular formula is C11H21NO6S. The summed E-state index contributed by atoms with van der Waals surface area (Å²) in [6, 6.07) is 0. The molecule has 19 heavy (non-hydrogen) atoms. The second-order valence-corrected chi connectivity index (χ2v) is 5.78. The fourth-order valence-corrected chi connectivity index (χ4v) is 2.83. The molecular weight excluding hydrogens is 274 g/mol. The van der Waals surface area contributed by atoms with E-state index in [0.717, 1.165) is 4.31 Å². The molecule has 0 aliphatic rings. The van der Waals surface area contributed by atoms with Gasteiger partial charge >= 0.3 is 11.9 Å². The second kappa shape index (κ2) is 8.87. The summed E-state index contributed by atoms with van der Waals surface area (Å²) in [6.45, 7) is 3.83. The minimum atomic E-state index is -3.56. The van der Waals surface area contributed by atoms with Gasteiger partial charge in [-0.05, 0) is 6.92 Å². The number of hydrogen-bond acceptors (Lipinski definition) is 6. The third-order valence-electron chi connectivity index (χ3n) is 2.41. The van der Waals surface area contributed by atoms with Gasteiger partial charge in [0.25, 0.3) is 0 Å². The molecule has 0 amide bonds. The average Bonchev–Trinajstić information content (AvgIpc) is 2.37. The third kappa shape index (κ3) is 7.12. The first-order valence-electron chi connectivity index (χ1n) is 6.07. The van der Waals surface area contributed by atoms with Gasteiger partial charge in [0.05, 0.1) is 32.3 Å². The number of methoxy groups -OCH3 is 1. The van der Waals surface area contributed by atoms with Crippen LogP contribution in [0, 0.1) is 0 Å². The Kier molecular flexibility index (Phi) is 8.33. The average molecular weight is 295 g/mol. The number of rotatable bonds is 9. The Morgan fingerprint density at radius 2 is 1.74 bits per heavy atom. The summed E-state index contributed by atoms with van der Waals surface area (Å²) < 4.78 is 34.2. The number of nitrogens with zero attached hydrogens (tertiary/aromatic N) is 1. The van der Waals surface area contributed by atoms with Crippen molar-refractivity contribution in [2.75, 3.05) is 32.6 Å². The van der Waals surface area contributed by atoms with Crippen LogP contribution in [0.3, 0.4) is 0 Å². The van der Waals surface area contributed by atoms with Crippen molar-refractivity contribution < 1.29 is 27.5 Å². The van der Waals surface area contributed by atoms with E-state index in [4.69, 9.17) is 0 Å². The Morgan fingerprint density at radius 1 is 1.11 bits per heavy atom. The van der Waals surface area contributed by atoms with Gasteiger partial charge in [-0.25, -0.2) is 12.7 Å². The Morgan fingerprint density at radius 3 is 2.21 bits per heavy atom. The topological polar surface area (TPSA) is 90.0 Å². The summed E-state index contributed by atoms with van der Waals surface area (Å²) >= 11 is 0. The van der Waals surface area contributed by atoms with E-state index in [1.807, 2.05) is 0 Å². The molecule has 0 spiro atoms. The molecule has 0 aromatic heterocycles. The molecule has 0 heterocycles. The van der Waals surface area contributed by atoms with Crippen LogP contribution < -0.4 is 0 Å². The molecule has 0 aliphatic carbocycles. The van der Waals surface area contributed by atoms with Crippen molar-refractivity contribution in [1.29, 1.82) is 0 Å². The maximum atomic E-state index is 11.9. The van der Waals surface area contributed by atoms with Gasteiger partial charge in [-0.3, -0.25) is 9.59 Å². The first-order chi connectivity index (χ1) is 8.87. The van der Waals surface area contributed by atoms with Crippen LogP contribution in [0.25, 0.3) is 0 Å². The van der Waals surface area contributed by atoms with E-state index in [-0.39, 0.29) is 38.3 Å². The van der Waals surface area contributed by atoms with E-state index in [1.54, 1.807) is 13.8 Å². The van der Waals surface area contributed by atoms with Crippen molar-refractivity contribution in [3.8, 4) is 0 Å². The quantitative estimate of drug-likeness (QED) is 0.563. The summed E-state index contributed by atoms with van der Waals surface area (Å²) in [4.78, 5) is 22.1. The van der Waals surface area contributed by atoms with Crippen LogP contribution in [-0.4, -0.2) is 57.2 Å². The van der Waals surface area contributed by atoms with Crippen molar-refractivity contribution in [1.82, 2.24) is 4.31 Å². The van der Waals surface area contributed by atoms with E-state index >= 15 is 0 Å². The SMILES string of the molecule is CCOC(=O)CCS(=O)(=O)N(CC)CCC(=O)OC. The molecule has 0 unspecified atom stereocenters. The maximum absolute atomic E-state index is 11.9. The van der Waals surface area contributed by atoms with Crippen LogP contribution in [0.5, 0.6) is 0 Å². The maximum Gasteiger partial charge on any atom is 0.306 e. The van der Waals surface area contributed by atoms with E-state index in [9.17, 15) is 18.0 Å². The summed E-state index contributed by atoms with van der Waals surface area (Å²) in [6.07, 6.45) is -0.201. The zero-order valence-electron chi connectivity index (χ0n) is 11.5. The van der Waals surface area contributed by atoms with E-state index in [1.165, 1.54) is 7.11 Å². The number of sulfonamides is 1. The van der Waals surface area contributed by atoms with Crippen LogP contribution in [0.4, 0.5) is 0 Å². The highest BCUT2D eigenvalue weighted by molar-refractivity contribution is 7.89. The minimum absolute atomic E-state index is 0.0109. The van der Waals surface area contributed by atoms with Gasteiger partial charge in [0.1, 0.15) is 0 Å². The Labute approximate surface area is 113 Å². The zero-order chi connectivity index (χ0) is 14.9. The summed E-state index contributed by atoms with van der Waals surface area (Å²) in [5.74, 6) is -1.34. The molecule has 0 bridgehead atoms. The number of hydrogen-bond donors (Lipinski definition) is 0. The van der Waals surface area contributed by atoms with Gasteiger partial charge in [-0.1, -0.05) is 6.92 Å². The molecule has 7 nitrogen and oxygen atoms in total. The number of carbonyl (C=O) groups is 2. The number of ether oxygens (including phenoxy) is 2. The second-order valence-electron chi connectivity index (χ2n) is 3.69. The molecule has 0 saturated carbocycles. The van der Waals surface area contributed by atoms with E-state index < -0.39 is 22.0 Å². The van der Waals surface area contributed by atoms with Crippen molar-refractivity contribution >= 4 is 22.0 Å².